The van der Waals surface area contributed by atoms with Crippen LogP contribution in [0, 0.1) is 0 Å². The molecule has 0 unspecified atom stereocenters. The summed E-state index contributed by atoms with van der Waals surface area (Å²) in [4.78, 5) is 33.4. The van der Waals surface area contributed by atoms with Crippen LogP contribution in [0.25, 0.3) is 10.9 Å². The average molecular weight is 250 g/mol. The van der Waals surface area contributed by atoms with Crippen LogP contribution in [0.4, 0.5) is 0 Å². The first kappa shape index (κ1) is 11.9. The summed E-state index contributed by atoms with van der Waals surface area (Å²) >= 11 is 0. The number of aliphatic carboxylic acids is 2. The average Bonchev–Trinajstić information content (AvgIpc) is 2.54. The van der Waals surface area contributed by atoms with E-state index in [9.17, 15) is 14.4 Å². The zero-order chi connectivity index (χ0) is 13.3. The summed E-state index contributed by atoms with van der Waals surface area (Å²) in [5, 5.41) is 17.9. The summed E-state index contributed by atoms with van der Waals surface area (Å²) in [6.07, 6.45) is 0. The van der Waals surface area contributed by atoms with Crippen LogP contribution in [0.3, 0.4) is 0 Å². The Bertz CT molecular complexity index is 682. The molecule has 0 spiro atoms. The molecule has 0 atom stereocenters. The van der Waals surface area contributed by atoms with E-state index in [1.165, 1.54) is 6.07 Å². The van der Waals surface area contributed by atoms with E-state index in [0.717, 1.165) is 9.36 Å². The summed E-state index contributed by atoms with van der Waals surface area (Å²) in [6, 6.07) is 6.41. The first-order chi connectivity index (χ1) is 8.50. The normalized spacial score (nSPS) is 10.7. The highest BCUT2D eigenvalue weighted by atomic mass is 16.4. The van der Waals surface area contributed by atoms with Crippen LogP contribution in [0.2, 0.25) is 0 Å². The number of carbonyl (C=O) groups is 2. The van der Waals surface area contributed by atoms with Gasteiger partial charge in [0.2, 0.25) is 0 Å². The third-order valence-electron chi connectivity index (χ3n) is 2.51. The second-order valence-corrected chi connectivity index (χ2v) is 3.73. The van der Waals surface area contributed by atoms with E-state index in [4.69, 9.17) is 10.2 Å². The molecule has 0 radical (unpaired) electrons. The minimum atomic E-state index is -1.20. The molecule has 1 aromatic carbocycles. The summed E-state index contributed by atoms with van der Waals surface area (Å²) in [7, 11) is 0. The summed E-state index contributed by atoms with van der Waals surface area (Å²) in [6.45, 7) is -1.03. The van der Waals surface area contributed by atoms with Crippen molar-refractivity contribution in [1.29, 1.82) is 0 Å². The van der Waals surface area contributed by atoms with Gasteiger partial charge in [-0.05, 0) is 12.1 Å². The van der Waals surface area contributed by atoms with Crippen molar-refractivity contribution < 1.29 is 19.8 Å². The lowest BCUT2D eigenvalue weighted by atomic mass is 10.2. The van der Waals surface area contributed by atoms with Gasteiger partial charge in [0.05, 0.1) is 10.9 Å². The minimum absolute atomic E-state index is 0.306. The second kappa shape index (κ2) is 4.36. The number of hydrogen-bond acceptors (Lipinski definition) is 3. The van der Waals surface area contributed by atoms with Gasteiger partial charge in [-0.3, -0.25) is 19.1 Å². The maximum atomic E-state index is 12.0. The van der Waals surface area contributed by atoms with E-state index in [2.05, 4.69) is 0 Å². The molecule has 7 heteroatoms. The van der Waals surface area contributed by atoms with E-state index in [1.54, 1.807) is 18.2 Å². The van der Waals surface area contributed by atoms with Crippen LogP contribution < -0.4 is 5.56 Å². The standard InChI is InChI=1S/C11H10N2O5/c14-9(15)5-12-8-4-2-1-3-7(8)11(18)13(12)6-10(16)17/h1-4H,5-6H2,(H,14,15)(H,16,17). The van der Waals surface area contributed by atoms with E-state index in [-0.39, 0.29) is 0 Å². The Kier molecular flexibility index (Phi) is 2.88. The van der Waals surface area contributed by atoms with E-state index >= 15 is 0 Å². The Morgan fingerprint density at radius 1 is 1.00 bits per heavy atom. The third kappa shape index (κ3) is 1.97. The highest BCUT2D eigenvalue weighted by molar-refractivity contribution is 5.80. The fraction of sp³-hybridized carbons (Fsp3) is 0.182. The second-order valence-electron chi connectivity index (χ2n) is 3.73. The zero-order valence-electron chi connectivity index (χ0n) is 9.24. The lowest BCUT2D eigenvalue weighted by molar-refractivity contribution is -0.140. The van der Waals surface area contributed by atoms with Gasteiger partial charge in [-0.2, -0.15) is 0 Å². The van der Waals surface area contributed by atoms with Crippen LogP contribution >= 0.6 is 0 Å². The molecule has 0 aliphatic carbocycles. The lowest BCUT2D eigenvalue weighted by Gasteiger charge is -2.08. The molecule has 2 aromatic rings. The third-order valence-corrected chi connectivity index (χ3v) is 2.51. The fourth-order valence-electron chi connectivity index (χ4n) is 1.84. The number of aromatic nitrogens is 2. The van der Waals surface area contributed by atoms with Crippen molar-refractivity contribution in [3.8, 4) is 0 Å². The molecule has 18 heavy (non-hydrogen) atoms. The number of carboxylic acid groups (broad SMARTS) is 2. The number of rotatable bonds is 4. The van der Waals surface area contributed by atoms with Crippen molar-refractivity contribution in [2.24, 2.45) is 0 Å². The maximum absolute atomic E-state index is 12.0. The maximum Gasteiger partial charge on any atom is 0.325 e. The van der Waals surface area contributed by atoms with E-state index in [1.807, 2.05) is 0 Å². The van der Waals surface area contributed by atoms with Crippen molar-refractivity contribution in [2.45, 2.75) is 13.1 Å². The topological polar surface area (TPSA) is 102 Å². The van der Waals surface area contributed by atoms with Gasteiger partial charge in [0.25, 0.3) is 5.56 Å². The van der Waals surface area contributed by atoms with Gasteiger partial charge in [0.1, 0.15) is 13.1 Å². The molecule has 0 fully saturated rings. The molecule has 7 nitrogen and oxygen atoms in total. The molecule has 1 aromatic heterocycles. The van der Waals surface area contributed by atoms with Crippen molar-refractivity contribution in [3.05, 3.63) is 34.6 Å². The van der Waals surface area contributed by atoms with Crippen molar-refractivity contribution in [3.63, 3.8) is 0 Å². The Morgan fingerprint density at radius 3 is 2.17 bits per heavy atom. The molecular formula is C11H10N2O5. The first-order valence-corrected chi connectivity index (χ1v) is 5.12. The predicted octanol–water partition coefficient (Wildman–Crippen LogP) is -0.0278. The smallest absolute Gasteiger partial charge is 0.325 e. The number of benzene rings is 1. The van der Waals surface area contributed by atoms with Gasteiger partial charge in [-0.1, -0.05) is 12.1 Å². The number of carboxylic acids is 2. The molecule has 0 saturated heterocycles. The Hall–Kier alpha value is -2.57. The summed E-state index contributed by atoms with van der Waals surface area (Å²) in [5.41, 5.74) is -0.0969. The van der Waals surface area contributed by atoms with Crippen LogP contribution in [-0.4, -0.2) is 31.5 Å². The quantitative estimate of drug-likeness (QED) is 0.793. The molecule has 0 aliphatic rings. The molecule has 2 rings (SSSR count). The number of hydrogen-bond donors (Lipinski definition) is 2. The molecule has 0 aliphatic heterocycles. The molecule has 2 N–H and O–H groups in total. The van der Waals surface area contributed by atoms with Gasteiger partial charge in [-0.25, -0.2) is 4.68 Å². The van der Waals surface area contributed by atoms with Crippen molar-refractivity contribution in [1.82, 2.24) is 9.36 Å². The Balaban J connectivity index is 2.72. The van der Waals surface area contributed by atoms with Gasteiger partial charge < -0.3 is 10.2 Å². The number of nitrogens with zero attached hydrogens (tertiary/aromatic N) is 2. The van der Waals surface area contributed by atoms with Crippen LogP contribution in [0.15, 0.2) is 29.1 Å². The first-order valence-electron chi connectivity index (χ1n) is 5.12. The predicted molar refractivity (Wildman–Crippen MR) is 61.5 cm³/mol. The zero-order valence-corrected chi connectivity index (χ0v) is 9.24. The van der Waals surface area contributed by atoms with Gasteiger partial charge in [-0.15, -0.1) is 0 Å². The molecular weight excluding hydrogens is 240 g/mol. The number of para-hydroxylation sites is 1. The number of fused-ring (bicyclic) bond motifs is 1. The van der Waals surface area contributed by atoms with Gasteiger partial charge >= 0.3 is 11.9 Å². The van der Waals surface area contributed by atoms with Crippen LogP contribution in [-0.2, 0) is 22.7 Å². The Morgan fingerprint density at radius 2 is 1.56 bits per heavy atom. The van der Waals surface area contributed by atoms with Gasteiger partial charge in [0.15, 0.2) is 0 Å². The van der Waals surface area contributed by atoms with Gasteiger partial charge in [0, 0.05) is 0 Å². The largest absolute Gasteiger partial charge is 0.480 e. The highest BCUT2D eigenvalue weighted by Crippen LogP contribution is 2.10. The summed E-state index contributed by atoms with van der Waals surface area (Å²) < 4.78 is 2.08. The summed E-state index contributed by atoms with van der Waals surface area (Å²) in [5.74, 6) is -2.35. The van der Waals surface area contributed by atoms with Crippen LogP contribution in [0.1, 0.15) is 0 Å². The van der Waals surface area contributed by atoms with Crippen molar-refractivity contribution >= 4 is 22.8 Å². The minimum Gasteiger partial charge on any atom is -0.480 e. The molecule has 0 amide bonds. The van der Waals surface area contributed by atoms with Crippen molar-refractivity contribution in [2.75, 3.05) is 0 Å². The van der Waals surface area contributed by atoms with E-state index < -0.39 is 30.6 Å². The SMILES string of the molecule is O=C(O)Cn1c(=O)c2ccccc2n1CC(=O)O. The molecule has 0 bridgehead atoms. The molecule has 1 heterocycles. The Labute approximate surface area is 100 Å². The van der Waals surface area contributed by atoms with Crippen LogP contribution in [0.5, 0.6) is 0 Å². The molecule has 0 saturated carbocycles. The fourth-order valence-corrected chi connectivity index (χ4v) is 1.84. The molecule has 94 valence electrons. The highest BCUT2D eigenvalue weighted by Gasteiger charge is 2.16. The lowest BCUT2D eigenvalue weighted by Crippen LogP contribution is -2.28. The monoisotopic (exact) mass is 250 g/mol. The van der Waals surface area contributed by atoms with E-state index in [0.29, 0.717) is 10.9 Å².